The van der Waals surface area contributed by atoms with Crippen LogP contribution in [0.15, 0.2) is 66.7 Å². The first kappa shape index (κ1) is 20.1. The summed E-state index contributed by atoms with van der Waals surface area (Å²) in [6.45, 7) is 1.80. The van der Waals surface area contributed by atoms with Gasteiger partial charge < -0.3 is 10.6 Å². The Morgan fingerprint density at radius 1 is 1.03 bits per heavy atom. The maximum absolute atomic E-state index is 12.5. The molecule has 0 bridgehead atoms. The molecule has 0 aliphatic heterocycles. The monoisotopic (exact) mass is 386 g/mol. The summed E-state index contributed by atoms with van der Waals surface area (Å²) in [6.07, 6.45) is 0. The average molecular weight is 386 g/mol. The Hall–Kier alpha value is -3.69. The predicted molar refractivity (Wildman–Crippen MR) is 114 cm³/mol. The molecule has 2 N–H and O–H groups in total. The van der Waals surface area contributed by atoms with Crippen LogP contribution in [0.3, 0.4) is 0 Å². The summed E-state index contributed by atoms with van der Waals surface area (Å²) in [5.74, 6) is -0.449. The first-order valence-electron chi connectivity index (χ1n) is 9.27. The molecule has 29 heavy (non-hydrogen) atoms. The van der Waals surface area contributed by atoms with Crippen LogP contribution in [-0.2, 0) is 9.59 Å². The highest BCUT2D eigenvalue weighted by Gasteiger charge is 2.20. The van der Waals surface area contributed by atoms with Crippen molar-refractivity contribution in [1.29, 1.82) is 5.26 Å². The number of benzene rings is 3. The lowest BCUT2D eigenvalue weighted by Gasteiger charge is -2.23. The number of hydrogen-bond donors (Lipinski definition) is 2. The van der Waals surface area contributed by atoms with Gasteiger partial charge in [0.05, 0.1) is 24.2 Å². The first-order valence-corrected chi connectivity index (χ1v) is 9.27. The Morgan fingerprint density at radius 2 is 1.76 bits per heavy atom. The molecule has 0 fully saturated rings. The molecule has 0 saturated heterocycles. The van der Waals surface area contributed by atoms with Gasteiger partial charge in [-0.25, -0.2) is 0 Å². The van der Waals surface area contributed by atoms with E-state index < -0.39 is 6.04 Å². The van der Waals surface area contributed by atoms with E-state index in [2.05, 4.69) is 10.6 Å². The molecule has 146 valence electrons. The summed E-state index contributed by atoms with van der Waals surface area (Å²) in [6, 6.07) is 21.8. The zero-order chi connectivity index (χ0) is 20.8. The molecule has 0 unspecified atom stereocenters. The zero-order valence-corrected chi connectivity index (χ0v) is 16.3. The number of nitriles is 1. The van der Waals surface area contributed by atoms with E-state index in [4.69, 9.17) is 5.26 Å². The molecule has 0 aromatic heterocycles. The average Bonchev–Trinajstić information content (AvgIpc) is 2.73. The highest BCUT2D eigenvalue weighted by atomic mass is 16.2. The number of amides is 2. The largest absolute Gasteiger partial charge is 0.325 e. The van der Waals surface area contributed by atoms with Gasteiger partial charge in [-0.05, 0) is 43.6 Å². The summed E-state index contributed by atoms with van der Waals surface area (Å²) < 4.78 is 0. The van der Waals surface area contributed by atoms with E-state index in [0.717, 1.165) is 16.5 Å². The third-order valence-corrected chi connectivity index (χ3v) is 4.76. The lowest BCUT2D eigenvalue weighted by atomic mass is 10.1. The molecule has 0 saturated carbocycles. The van der Waals surface area contributed by atoms with Crippen molar-refractivity contribution in [2.75, 3.05) is 24.2 Å². The molecule has 0 aliphatic carbocycles. The molecule has 1 atom stereocenters. The Morgan fingerprint density at radius 3 is 2.55 bits per heavy atom. The minimum Gasteiger partial charge on any atom is -0.325 e. The van der Waals surface area contributed by atoms with Gasteiger partial charge in [0.25, 0.3) is 0 Å². The second-order valence-corrected chi connectivity index (χ2v) is 6.85. The third-order valence-electron chi connectivity index (χ3n) is 4.76. The molecular weight excluding hydrogens is 364 g/mol. The molecule has 3 rings (SSSR count). The van der Waals surface area contributed by atoms with Crippen molar-refractivity contribution in [1.82, 2.24) is 4.90 Å². The maximum atomic E-state index is 12.5. The predicted octanol–water partition coefficient (Wildman–Crippen LogP) is 3.61. The van der Waals surface area contributed by atoms with Gasteiger partial charge in [0.15, 0.2) is 0 Å². The summed E-state index contributed by atoms with van der Waals surface area (Å²) in [5.41, 5.74) is 1.76. The standard InChI is InChI=1S/C23H22N4O2/c1-16(23(29)25-19-10-5-7-17(13-19)14-24)27(2)15-22(28)26-21-12-6-9-18-8-3-4-11-20(18)21/h3-13,16H,15H2,1-2H3,(H,25,29)(H,26,28)/t16-/m0/s1. The van der Waals surface area contributed by atoms with E-state index in [9.17, 15) is 9.59 Å². The molecule has 3 aromatic rings. The Labute approximate surface area is 169 Å². The molecule has 6 nitrogen and oxygen atoms in total. The van der Waals surface area contributed by atoms with Crippen LogP contribution in [0.2, 0.25) is 0 Å². The maximum Gasteiger partial charge on any atom is 0.241 e. The molecule has 6 heteroatoms. The van der Waals surface area contributed by atoms with Gasteiger partial charge in [-0.3, -0.25) is 14.5 Å². The van der Waals surface area contributed by atoms with Crippen LogP contribution in [-0.4, -0.2) is 36.3 Å². The van der Waals surface area contributed by atoms with Gasteiger partial charge in [-0.15, -0.1) is 0 Å². The van der Waals surface area contributed by atoms with Crippen molar-refractivity contribution < 1.29 is 9.59 Å². The molecule has 0 spiro atoms. The van der Waals surface area contributed by atoms with E-state index in [1.807, 2.05) is 48.5 Å². The minimum atomic E-state index is -0.529. The molecule has 0 radical (unpaired) electrons. The fraction of sp³-hybridized carbons (Fsp3) is 0.174. The van der Waals surface area contributed by atoms with E-state index in [1.165, 1.54) is 0 Å². The van der Waals surface area contributed by atoms with Crippen LogP contribution >= 0.6 is 0 Å². The van der Waals surface area contributed by atoms with Crippen LogP contribution in [0, 0.1) is 11.3 Å². The fourth-order valence-corrected chi connectivity index (χ4v) is 3.00. The number of carbonyl (C=O) groups excluding carboxylic acids is 2. The normalized spacial score (nSPS) is 11.7. The zero-order valence-electron chi connectivity index (χ0n) is 16.3. The van der Waals surface area contributed by atoms with E-state index in [-0.39, 0.29) is 18.4 Å². The first-order chi connectivity index (χ1) is 14.0. The van der Waals surface area contributed by atoms with Gasteiger partial charge in [0, 0.05) is 16.8 Å². The van der Waals surface area contributed by atoms with Crippen molar-refractivity contribution in [3.63, 3.8) is 0 Å². The number of rotatable bonds is 6. The Balaban J connectivity index is 1.61. The van der Waals surface area contributed by atoms with Crippen molar-refractivity contribution in [2.45, 2.75) is 13.0 Å². The van der Waals surface area contributed by atoms with Crippen LogP contribution in [0.4, 0.5) is 11.4 Å². The lowest BCUT2D eigenvalue weighted by Crippen LogP contribution is -2.43. The molecular formula is C23H22N4O2. The Kier molecular flexibility index (Phi) is 6.22. The third kappa shape index (κ3) is 4.98. The number of anilines is 2. The summed E-state index contributed by atoms with van der Waals surface area (Å²) in [4.78, 5) is 26.7. The van der Waals surface area contributed by atoms with Crippen LogP contribution in [0.25, 0.3) is 10.8 Å². The number of nitrogens with one attached hydrogen (secondary N) is 2. The second kappa shape index (κ2) is 9.00. The van der Waals surface area contributed by atoms with Crippen molar-refractivity contribution >= 4 is 34.0 Å². The SMILES string of the molecule is C[C@@H](C(=O)Nc1cccc(C#N)c1)N(C)CC(=O)Nc1cccc2ccccc12. The molecule has 0 aliphatic rings. The summed E-state index contributed by atoms with van der Waals surface area (Å²) in [7, 11) is 1.72. The van der Waals surface area contributed by atoms with Gasteiger partial charge >= 0.3 is 0 Å². The number of likely N-dealkylation sites (N-methyl/N-ethyl adjacent to an activating group) is 1. The fourth-order valence-electron chi connectivity index (χ4n) is 3.00. The Bertz CT molecular complexity index is 1080. The quantitative estimate of drug-likeness (QED) is 0.678. The van der Waals surface area contributed by atoms with Crippen molar-refractivity contribution in [2.24, 2.45) is 0 Å². The highest BCUT2D eigenvalue weighted by Crippen LogP contribution is 2.22. The summed E-state index contributed by atoms with van der Waals surface area (Å²) in [5, 5.41) is 16.7. The smallest absolute Gasteiger partial charge is 0.241 e. The lowest BCUT2D eigenvalue weighted by molar-refractivity contribution is -0.122. The van der Waals surface area contributed by atoms with Gasteiger partial charge in [-0.1, -0.05) is 42.5 Å². The molecule has 0 heterocycles. The van der Waals surface area contributed by atoms with Crippen LogP contribution < -0.4 is 10.6 Å². The topological polar surface area (TPSA) is 85.2 Å². The van der Waals surface area contributed by atoms with E-state index in [1.54, 1.807) is 43.1 Å². The van der Waals surface area contributed by atoms with E-state index in [0.29, 0.717) is 11.3 Å². The number of fused-ring (bicyclic) bond motifs is 1. The molecule has 2 amide bonds. The van der Waals surface area contributed by atoms with Gasteiger partial charge in [-0.2, -0.15) is 5.26 Å². The van der Waals surface area contributed by atoms with Crippen LogP contribution in [0.5, 0.6) is 0 Å². The highest BCUT2D eigenvalue weighted by molar-refractivity contribution is 6.03. The van der Waals surface area contributed by atoms with Crippen molar-refractivity contribution in [3.8, 4) is 6.07 Å². The van der Waals surface area contributed by atoms with Gasteiger partial charge in [0.2, 0.25) is 11.8 Å². The van der Waals surface area contributed by atoms with Crippen molar-refractivity contribution in [3.05, 3.63) is 72.3 Å². The van der Waals surface area contributed by atoms with Crippen LogP contribution in [0.1, 0.15) is 12.5 Å². The minimum absolute atomic E-state index is 0.0655. The number of nitrogens with zero attached hydrogens (tertiary/aromatic N) is 2. The molecule has 3 aromatic carbocycles. The number of carbonyl (C=O) groups is 2. The second-order valence-electron chi connectivity index (χ2n) is 6.85. The van der Waals surface area contributed by atoms with Gasteiger partial charge in [0.1, 0.15) is 0 Å². The summed E-state index contributed by atoms with van der Waals surface area (Å²) >= 11 is 0. The number of hydrogen-bond acceptors (Lipinski definition) is 4. The van der Waals surface area contributed by atoms with E-state index >= 15 is 0 Å².